The van der Waals surface area contributed by atoms with Crippen LogP contribution >= 0.6 is 0 Å². The molecule has 1 heterocycles. The molecule has 6 heteroatoms. The SMILES string of the molecule is CCCCC/C=C/C(C)=C/C1CC(C)C/C=C/CCC(O)C(OC(C)=O)CCC(C)CC(O)C(C)C(=O)O1. The zero-order valence-corrected chi connectivity index (χ0v) is 24.7. The van der Waals surface area contributed by atoms with E-state index in [0.717, 1.165) is 18.4 Å². The first kappa shape index (κ1) is 34.1. The molecule has 1 rings (SSSR count). The highest BCUT2D eigenvalue weighted by Crippen LogP contribution is 2.24. The molecule has 0 aromatic heterocycles. The molecular formula is C32H54O6. The predicted molar refractivity (Wildman–Crippen MR) is 153 cm³/mol. The highest BCUT2D eigenvalue weighted by atomic mass is 16.6. The summed E-state index contributed by atoms with van der Waals surface area (Å²) in [7, 11) is 0. The number of aliphatic hydroxyl groups excluding tert-OH is 2. The van der Waals surface area contributed by atoms with E-state index >= 15 is 0 Å². The molecule has 0 bridgehead atoms. The number of rotatable bonds is 7. The fourth-order valence-electron chi connectivity index (χ4n) is 4.81. The number of hydrogen-bond donors (Lipinski definition) is 2. The van der Waals surface area contributed by atoms with E-state index in [-0.39, 0.29) is 23.9 Å². The average Bonchev–Trinajstić information content (AvgIpc) is 2.84. The summed E-state index contributed by atoms with van der Waals surface area (Å²) < 4.78 is 11.4. The molecule has 0 aromatic carbocycles. The van der Waals surface area contributed by atoms with Crippen molar-refractivity contribution in [2.45, 2.75) is 137 Å². The number of hydrogen-bond acceptors (Lipinski definition) is 6. The maximum atomic E-state index is 13.0. The topological polar surface area (TPSA) is 93.1 Å². The minimum atomic E-state index is -0.835. The molecule has 0 saturated heterocycles. The molecule has 218 valence electrons. The van der Waals surface area contributed by atoms with Crippen LogP contribution in [0.2, 0.25) is 0 Å². The van der Waals surface area contributed by atoms with Gasteiger partial charge in [-0.3, -0.25) is 9.59 Å². The second-order valence-corrected chi connectivity index (χ2v) is 11.4. The molecule has 38 heavy (non-hydrogen) atoms. The standard InChI is InChI=1S/C32H54O6/c1-7-8-9-10-12-15-23(2)20-28-21-24(3)16-13-11-14-17-29(34)31(37-27(6)33)19-18-25(4)22-30(35)26(5)32(36)38-28/h11-13,15,20,24-26,28-31,34-35H,7-10,14,16-19,21-22H2,1-6H3/b13-11+,15-12+,23-20+. The molecule has 1 aliphatic rings. The number of unbranched alkanes of at least 4 members (excludes halogenated alkanes) is 3. The van der Waals surface area contributed by atoms with Gasteiger partial charge in [0.2, 0.25) is 0 Å². The zero-order valence-electron chi connectivity index (χ0n) is 24.7. The Bertz CT molecular complexity index is 770. The number of carbonyl (C=O) groups is 2. The van der Waals surface area contributed by atoms with Crippen LogP contribution in [-0.2, 0) is 19.1 Å². The van der Waals surface area contributed by atoms with Gasteiger partial charge >= 0.3 is 11.9 Å². The second kappa shape index (κ2) is 19.2. The summed E-state index contributed by atoms with van der Waals surface area (Å²) in [6.07, 6.45) is 17.0. The lowest BCUT2D eigenvalue weighted by molar-refractivity contribution is -0.156. The highest BCUT2D eigenvalue weighted by Gasteiger charge is 2.29. The molecule has 0 aliphatic carbocycles. The number of esters is 2. The third-order valence-corrected chi connectivity index (χ3v) is 7.32. The normalized spacial score (nSPS) is 32.3. The maximum absolute atomic E-state index is 13.0. The Balaban J connectivity index is 3.02. The van der Waals surface area contributed by atoms with Crippen molar-refractivity contribution in [2.24, 2.45) is 17.8 Å². The van der Waals surface area contributed by atoms with Gasteiger partial charge in [-0.1, -0.05) is 63.5 Å². The van der Waals surface area contributed by atoms with E-state index in [1.165, 1.54) is 26.2 Å². The molecular weight excluding hydrogens is 480 g/mol. The van der Waals surface area contributed by atoms with Gasteiger partial charge in [0, 0.05) is 6.92 Å². The summed E-state index contributed by atoms with van der Waals surface area (Å²) in [6.45, 7) is 11.4. The second-order valence-electron chi connectivity index (χ2n) is 11.4. The molecule has 6 nitrogen and oxygen atoms in total. The van der Waals surface area contributed by atoms with E-state index in [0.29, 0.717) is 38.5 Å². The van der Waals surface area contributed by atoms with E-state index in [1.54, 1.807) is 6.92 Å². The van der Waals surface area contributed by atoms with E-state index in [2.05, 4.69) is 38.2 Å². The van der Waals surface area contributed by atoms with Crippen molar-refractivity contribution in [3.05, 3.63) is 36.0 Å². The van der Waals surface area contributed by atoms with Gasteiger partial charge < -0.3 is 19.7 Å². The van der Waals surface area contributed by atoms with Gasteiger partial charge in [0.25, 0.3) is 0 Å². The van der Waals surface area contributed by atoms with Crippen LogP contribution in [0.4, 0.5) is 0 Å². The molecule has 7 atom stereocenters. The van der Waals surface area contributed by atoms with Crippen LogP contribution in [0.1, 0.15) is 112 Å². The van der Waals surface area contributed by atoms with Crippen LogP contribution in [0.25, 0.3) is 0 Å². The third kappa shape index (κ3) is 14.9. The van der Waals surface area contributed by atoms with Gasteiger partial charge in [0.15, 0.2) is 0 Å². The van der Waals surface area contributed by atoms with E-state index in [9.17, 15) is 19.8 Å². The highest BCUT2D eigenvalue weighted by molar-refractivity contribution is 5.73. The first-order chi connectivity index (χ1) is 18.0. The van der Waals surface area contributed by atoms with Crippen molar-refractivity contribution >= 4 is 11.9 Å². The van der Waals surface area contributed by atoms with Gasteiger partial charge in [-0.2, -0.15) is 0 Å². The first-order valence-corrected chi connectivity index (χ1v) is 14.8. The van der Waals surface area contributed by atoms with E-state index < -0.39 is 30.2 Å². The van der Waals surface area contributed by atoms with Crippen molar-refractivity contribution in [2.75, 3.05) is 0 Å². The Labute approximate surface area is 231 Å². The third-order valence-electron chi connectivity index (χ3n) is 7.32. The van der Waals surface area contributed by atoms with Crippen LogP contribution in [0.15, 0.2) is 36.0 Å². The van der Waals surface area contributed by atoms with Crippen LogP contribution in [0.3, 0.4) is 0 Å². The van der Waals surface area contributed by atoms with Crippen molar-refractivity contribution in [1.82, 2.24) is 0 Å². The minimum Gasteiger partial charge on any atom is -0.460 e. The molecule has 2 N–H and O–H groups in total. The van der Waals surface area contributed by atoms with Crippen molar-refractivity contribution in [1.29, 1.82) is 0 Å². The van der Waals surface area contributed by atoms with Crippen molar-refractivity contribution in [3.63, 3.8) is 0 Å². The molecule has 0 amide bonds. The molecule has 7 unspecified atom stereocenters. The molecule has 0 saturated carbocycles. The number of ether oxygens (including phenoxy) is 2. The lowest BCUT2D eigenvalue weighted by atomic mass is 9.90. The summed E-state index contributed by atoms with van der Waals surface area (Å²) in [4.78, 5) is 24.6. The predicted octanol–water partition coefficient (Wildman–Crippen LogP) is 6.84. The van der Waals surface area contributed by atoms with Crippen LogP contribution < -0.4 is 0 Å². The van der Waals surface area contributed by atoms with Crippen molar-refractivity contribution < 1.29 is 29.3 Å². The Morgan fingerprint density at radius 1 is 1.03 bits per heavy atom. The van der Waals surface area contributed by atoms with Gasteiger partial charge in [0.1, 0.15) is 12.2 Å². The fraction of sp³-hybridized carbons (Fsp3) is 0.750. The van der Waals surface area contributed by atoms with Gasteiger partial charge in [0.05, 0.1) is 18.1 Å². The Hall–Kier alpha value is -1.92. The van der Waals surface area contributed by atoms with Gasteiger partial charge in [-0.25, -0.2) is 0 Å². The minimum absolute atomic E-state index is 0.0834. The Kier molecular flexibility index (Phi) is 17.2. The molecule has 1 aliphatic heterocycles. The van der Waals surface area contributed by atoms with Crippen molar-refractivity contribution in [3.8, 4) is 0 Å². The summed E-state index contributed by atoms with van der Waals surface area (Å²) >= 11 is 0. The number of cyclic esters (lactones) is 1. The monoisotopic (exact) mass is 534 g/mol. The van der Waals surface area contributed by atoms with Gasteiger partial charge in [-0.05, 0) is 89.5 Å². The largest absolute Gasteiger partial charge is 0.460 e. The van der Waals surface area contributed by atoms with E-state index in [4.69, 9.17) is 9.47 Å². The smallest absolute Gasteiger partial charge is 0.311 e. The summed E-state index contributed by atoms with van der Waals surface area (Å²) in [5.41, 5.74) is 1.07. The maximum Gasteiger partial charge on any atom is 0.311 e. The van der Waals surface area contributed by atoms with Crippen LogP contribution in [0.5, 0.6) is 0 Å². The average molecular weight is 535 g/mol. The number of carbonyl (C=O) groups excluding carboxylic acids is 2. The van der Waals surface area contributed by atoms with E-state index in [1.807, 2.05) is 19.9 Å². The summed E-state index contributed by atoms with van der Waals surface area (Å²) in [5, 5.41) is 21.5. The molecule has 0 spiro atoms. The first-order valence-electron chi connectivity index (χ1n) is 14.8. The Morgan fingerprint density at radius 3 is 2.45 bits per heavy atom. The number of aliphatic hydroxyl groups is 2. The fourth-order valence-corrected chi connectivity index (χ4v) is 4.81. The quantitative estimate of drug-likeness (QED) is 0.161. The zero-order chi connectivity index (χ0) is 28.5. The van der Waals surface area contributed by atoms with Crippen LogP contribution in [0, 0.1) is 17.8 Å². The van der Waals surface area contributed by atoms with Gasteiger partial charge in [-0.15, -0.1) is 0 Å². The van der Waals surface area contributed by atoms with Crippen LogP contribution in [-0.4, -0.2) is 46.6 Å². The molecule has 0 radical (unpaired) electrons. The molecule has 0 fully saturated rings. The molecule has 0 aromatic rings. The lowest BCUT2D eigenvalue weighted by Gasteiger charge is -2.26. The Morgan fingerprint density at radius 2 is 1.76 bits per heavy atom. The summed E-state index contributed by atoms with van der Waals surface area (Å²) in [6, 6.07) is 0. The number of allylic oxidation sites excluding steroid dienone is 5. The lowest BCUT2D eigenvalue weighted by Crippen LogP contribution is -2.33. The summed E-state index contributed by atoms with van der Waals surface area (Å²) in [5.74, 6) is -1.08.